The first-order valence-corrected chi connectivity index (χ1v) is 13.8. The van der Waals surface area contributed by atoms with E-state index in [0.29, 0.717) is 35.1 Å². The van der Waals surface area contributed by atoms with Crippen molar-refractivity contribution in [3.8, 4) is 22.9 Å². The van der Waals surface area contributed by atoms with Crippen molar-refractivity contribution in [3.05, 3.63) is 89.2 Å². The maximum Gasteiger partial charge on any atom is 0.416 e. The molecule has 224 valence electrons. The van der Waals surface area contributed by atoms with Crippen LogP contribution in [0, 0.1) is 6.92 Å². The molecule has 0 radical (unpaired) electrons. The van der Waals surface area contributed by atoms with Crippen molar-refractivity contribution in [1.82, 2.24) is 24.8 Å². The number of pyridine rings is 1. The molecule has 0 spiro atoms. The second-order valence-electron chi connectivity index (χ2n) is 10.4. The molecule has 3 heterocycles. The molecular formula is C31H32F3N7O2. The van der Waals surface area contributed by atoms with Gasteiger partial charge < -0.3 is 20.3 Å². The smallest absolute Gasteiger partial charge is 0.416 e. The van der Waals surface area contributed by atoms with Crippen LogP contribution >= 0.6 is 0 Å². The Hall–Kier alpha value is -4.55. The number of aryl methyl sites for hydroxylation is 1. The molecule has 5 rings (SSSR count). The first kappa shape index (κ1) is 29.9. The molecule has 0 atom stereocenters. The average molecular weight is 592 g/mol. The minimum absolute atomic E-state index is 0.0723. The van der Waals surface area contributed by atoms with Gasteiger partial charge in [-0.3, -0.25) is 9.69 Å². The average Bonchev–Trinajstić information content (AvgIpc) is 2.99. The van der Waals surface area contributed by atoms with Crippen LogP contribution in [0.25, 0.3) is 11.3 Å². The highest BCUT2D eigenvalue weighted by atomic mass is 19.4. The summed E-state index contributed by atoms with van der Waals surface area (Å²) in [5, 5.41) is 5.55. The lowest BCUT2D eigenvalue weighted by Crippen LogP contribution is -2.43. The summed E-state index contributed by atoms with van der Waals surface area (Å²) in [6, 6.07) is 13.8. The first-order chi connectivity index (χ1) is 20.6. The highest BCUT2D eigenvalue weighted by Crippen LogP contribution is 2.34. The normalized spacial score (nSPS) is 14.4. The van der Waals surface area contributed by atoms with Crippen molar-refractivity contribution in [2.75, 3.05) is 50.9 Å². The van der Waals surface area contributed by atoms with E-state index >= 15 is 0 Å². The minimum Gasteiger partial charge on any atom is -0.438 e. The highest BCUT2D eigenvalue weighted by Gasteiger charge is 2.31. The third-order valence-corrected chi connectivity index (χ3v) is 7.16. The van der Waals surface area contributed by atoms with Crippen LogP contribution in [-0.2, 0) is 12.7 Å². The van der Waals surface area contributed by atoms with Gasteiger partial charge in [0.25, 0.3) is 5.91 Å². The van der Waals surface area contributed by atoms with E-state index in [1.807, 2.05) is 20.0 Å². The lowest BCUT2D eigenvalue weighted by Gasteiger charge is -2.32. The van der Waals surface area contributed by atoms with Gasteiger partial charge in [0.1, 0.15) is 5.75 Å². The number of benzene rings is 2. The second-order valence-corrected chi connectivity index (χ2v) is 10.4. The number of hydrogen-bond donors (Lipinski definition) is 2. The van der Waals surface area contributed by atoms with Gasteiger partial charge in [-0.25, -0.2) is 15.0 Å². The SMILES string of the molecule is CNc1nccc(-c2cccnc2Oc2cc(C(=O)Nc3cc(CN4CCN(C)CC4)cc(C(F)(F)F)c3)ccc2C)n1. The maximum atomic E-state index is 13.8. The van der Waals surface area contributed by atoms with Crippen LogP contribution in [-0.4, -0.2) is 70.9 Å². The molecule has 0 bridgehead atoms. The molecule has 43 heavy (non-hydrogen) atoms. The van der Waals surface area contributed by atoms with Crippen molar-refractivity contribution in [2.24, 2.45) is 0 Å². The summed E-state index contributed by atoms with van der Waals surface area (Å²) < 4.78 is 47.5. The number of carbonyl (C=O) groups excluding carboxylic acids is 1. The first-order valence-electron chi connectivity index (χ1n) is 13.8. The van der Waals surface area contributed by atoms with Gasteiger partial charge in [-0.1, -0.05) is 6.07 Å². The topological polar surface area (TPSA) is 95.5 Å². The molecule has 1 saturated heterocycles. The zero-order valence-corrected chi connectivity index (χ0v) is 24.1. The largest absolute Gasteiger partial charge is 0.438 e. The van der Waals surface area contributed by atoms with E-state index in [1.54, 1.807) is 55.8 Å². The predicted octanol–water partition coefficient (Wildman–Crippen LogP) is 5.70. The molecule has 0 saturated carbocycles. The second kappa shape index (κ2) is 12.8. The Kier molecular flexibility index (Phi) is 8.88. The van der Waals surface area contributed by atoms with E-state index in [-0.39, 0.29) is 17.1 Å². The fourth-order valence-corrected chi connectivity index (χ4v) is 4.74. The Labute approximate surface area is 247 Å². The minimum atomic E-state index is -4.56. The number of rotatable bonds is 8. The summed E-state index contributed by atoms with van der Waals surface area (Å²) in [5.41, 5.74) is 1.91. The van der Waals surface area contributed by atoms with Crippen LogP contribution in [0.4, 0.5) is 24.8 Å². The summed E-state index contributed by atoms with van der Waals surface area (Å²) in [6.45, 7) is 5.38. The molecule has 1 amide bonds. The van der Waals surface area contributed by atoms with Gasteiger partial charge in [-0.15, -0.1) is 0 Å². The van der Waals surface area contributed by atoms with E-state index in [9.17, 15) is 18.0 Å². The fourth-order valence-electron chi connectivity index (χ4n) is 4.74. The number of nitrogens with one attached hydrogen (secondary N) is 2. The Bertz CT molecular complexity index is 1600. The molecule has 4 aromatic rings. The van der Waals surface area contributed by atoms with Crippen LogP contribution in [0.2, 0.25) is 0 Å². The van der Waals surface area contributed by atoms with E-state index in [1.165, 1.54) is 0 Å². The van der Waals surface area contributed by atoms with Gasteiger partial charge in [-0.2, -0.15) is 13.2 Å². The third kappa shape index (κ3) is 7.46. The zero-order chi connectivity index (χ0) is 30.6. The van der Waals surface area contributed by atoms with E-state index in [2.05, 4.69) is 35.4 Å². The lowest BCUT2D eigenvalue weighted by atomic mass is 10.1. The Morgan fingerprint density at radius 1 is 1.00 bits per heavy atom. The molecule has 9 nitrogen and oxygen atoms in total. The number of piperazine rings is 1. The monoisotopic (exact) mass is 591 g/mol. The number of alkyl halides is 3. The van der Waals surface area contributed by atoms with Crippen LogP contribution in [0.5, 0.6) is 11.6 Å². The maximum absolute atomic E-state index is 13.8. The Morgan fingerprint density at radius 3 is 2.53 bits per heavy atom. The van der Waals surface area contributed by atoms with Gasteiger partial charge in [0.05, 0.1) is 16.8 Å². The van der Waals surface area contributed by atoms with E-state index in [4.69, 9.17) is 4.74 Å². The predicted molar refractivity (Wildman–Crippen MR) is 158 cm³/mol. The number of aromatic nitrogens is 3. The quantitative estimate of drug-likeness (QED) is 0.270. The van der Waals surface area contributed by atoms with Crippen LogP contribution in [0.1, 0.15) is 27.0 Å². The molecule has 2 aromatic carbocycles. The van der Waals surface area contributed by atoms with Gasteiger partial charge in [0, 0.05) is 63.4 Å². The number of halogens is 3. The van der Waals surface area contributed by atoms with Crippen molar-refractivity contribution >= 4 is 17.5 Å². The lowest BCUT2D eigenvalue weighted by molar-refractivity contribution is -0.137. The molecule has 1 fully saturated rings. The number of likely N-dealkylation sites (N-methyl/N-ethyl adjacent to an activating group) is 1. The number of nitrogens with zero attached hydrogens (tertiary/aromatic N) is 5. The van der Waals surface area contributed by atoms with Crippen LogP contribution < -0.4 is 15.4 Å². The Morgan fingerprint density at radius 2 is 1.79 bits per heavy atom. The van der Waals surface area contributed by atoms with Crippen molar-refractivity contribution in [2.45, 2.75) is 19.6 Å². The van der Waals surface area contributed by atoms with Crippen molar-refractivity contribution < 1.29 is 22.7 Å². The molecule has 1 aliphatic heterocycles. The summed E-state index contributed by atoms with van der Waals surface area (Å²) in [5.74, 6) is 0.513. The molecule has 0 aliphatic carbocycles. The van der Waals surface area contributed by atoms with Gasteiger partial charge in [0.2, 0.25) is 11.8 Å². The number of amides is 1. The van der Waals surface area contributed by atoms with E-state index < -0.39 is 17.6 Å². The zero-order valence-electron chi connectivity index (χ0n) is 24.1. The van der Waals surface area contributed by atoms with E-state index in [0.717, 1.165) is 43.9 Å². The number of carbonyl (C=O) groups is 1. The fraction of sp³-hybridized carbons (Fsp3) is 0.290. The summed E-state index contributed by atoms with van der Waals surface area (Å²) >= 11 is 0. The van der Waals surface area contributed by atoms with Gasteiger partial charge >= 0.3 is 6.18 Å². The molecule has 0 unspecified atom stereocenters. The molecule has 12 heteroatoms. The van der Waals surface area contributed by atoms with Crippen LogP contribution in [0.15, 0.2) is 67.0 Å². The van der Waals surface area contributed by atoms with Crippen molar-refractivity contribution in [1.29, 1.82) is 0 Å². The molecule has 2 aromatic heterocycles. The summed E-state index contributed by atoms with van der Waals surface area (Å²) in [4.78, 5) is 30.5. The van der Waals surface area contributed by atoms with Gasteiger partial charge in [-0.05, 0) is 73.6 Å². The number of anilines is 2. The van der Waals surface area contributed by atoms with Crippen LogP contribution in [0.3, 0.4) is 0 Å². The standard InChI is InChI=1S/C31H32F3N7O2/c1-20-6-7-22(17-27(20)43-29-25(5-4-9-36-29)26-8-10-37-30(35-2)39-26)28(42)38-24-16-21(15-23(18-24)31(32,33)34)19-41-13-11-40(3)12-14-41/h4-10,15-18H,11-14,19H2,1-3H3,(H,38,42)(H,35,37,39). The summed E-state index contributed by atoms with van der Waals surface area (Å²) in [7, 11) is 3.73. The molecular weight excluding hydrogens is 559 g/mol. The van der Waals surface area contributed by atoms with Crippen molar-refractivity contribution in [3.63, 3.8) is 0 Å². The van der Waals surface area contributed by atoms with Gasteiger partial charge in [0.15, 0.2) is 0 Å². The summed E-state index contributed by atoms with van der Waals surface area (Å²) in [6.07, 6.45) is -1.36. The third-order valence-electron chi connectivity index (χ3n) is 7.16. The Balaban J connectivity index is 1.38. The highest BCUT2D eigenvalue weighted by molar-refractivity contribution is 6.04. The number of ether oxygens (including phenoxy) is 1. The number of hydrogen-bond acceptors (Lipinski definition) is 8. The molecule has 1 aliphatic rings. The molecule has 2 N–H and O–H groups in total.